The Morgan fingerprint density at radius 2 is 1.69 bits per heavy atom. The lowest BCUT2D eigenvalue weighted by Crippen LogP contribution is -2.52. The van der Waals surface area contributed by atoms with Crippen LogP contribution in [0.25, 0.3) is 0 Å². The number of rotatable bonds is 10. The predicted octanol–water partition coefficient (Wildman–Crippen LogP) is 6.30. The highest BCUT2D eigenvalue weighted by Crippen LogP contribution is 2.27. The molecule has 5 nitrogen and oxygen atoms in total. The summed E-state index contributed by atoms with van der Waals surface area (Å²) in [7, 11) is 0. The highest BCUT2D eigenvalue weighted by atomic mass is 79.9. The van der Waals surface area contributed by atoms with E-state index < -0.39 is 6.04 Å². The molecule has 3 aromatic rings. The van der Waals surface area contributed by atoms with Crippen LogP contribution in [0, 0.1) is 0 Å². The van der Waals surface area contributed by atoms with Crippen LogP contribution in [-0.2, 0) is 22.6 Å². The van der Waals surface area contributed by atoms with Gasteiger partial charge in [-0.3, -0.25) is 9.59 Å². The number of hydrogen-bond acceptors (Lipinski definition) is 3. The van der Waals surface area contributed by atoms with Gasteiger partial charge in [0.1, 0.15) is 11.8 Å². The molecule has 0 bridgehead atoms. The molecule has 2 amide bonds. The molecule has 0 fully saturated rings. The van der Waals surface area contributed by atoms with Gasteiger partial charge < -0.3 is 15.0 Å². The van der Waals surface area contributed by atoms with E-state index in [1.54, 1.807) is 23.1 Å². The van der Waals surface area contributed by atoms with Gasteiger partial charge in [0.25, 0.3) is 5.91 Å². The van der Waals surface area contributed by atoms with Crippen molar-refractivity contribution in [3.8, 4) is 5.75 Å². The number of nitrogens with one attached hydrogen (secondary N) is 1. The van der Waals surface area contributed by atoms with E-state index in [0.29, 0.717) is 22.2 Å². The Kier molecular flexibility index (Phi) is 10.0. The van der Waals surface area contributed by atoms with E-state index >= 15 is 0 Å². The molecule has 3 rings (SSSR count). The van der Waals surface area contributed by atoms with Gasteiger partial charge in [0.05, 0.1) is 5.02 Å². The van der Waals surface area contributed by atoms with Crippen LogP contribution in [0.4, 0.5) is 0 Å². The Morgan fingerprint density at radius 3 is 2.34 bits per heavy atom. The van der Waals surface area contributed by atoms with E-state index in [-0.39, 0.29) is 31.0 Å². The maximum atomic E-state index is 13.5. The first-order chi connectivity index (χ1) is 16.7. The van der Waals surface area contributed by atoms with Crippen molar-refractivity contribution in [2.45, 2.75) is 38.9 Å². The van der Waals surface area contributed by atoms with Gasteiger partial charge in [-0.1, -0.05) is 81.6 Å². The lowest BCUT2D eigenvalue weighted by atomic mass is 10.0. The molecule has 0 radical (unpaired) electrons. The average molecular weight is 578 g/mol. The Balaban J connectivity index is 1.92. The Hall–Kier alpha value is -2.54. The minimum absolute atomic E-state index is 0.0762. The molecule has 0 aromatic heterocycles. The van der Waals surface area contributed by atoms with Crippen molar-refractivity contribution in [3.63, 3.8) is 0 Å². The summed E-state index contributed by atoms with van der Waals surface area (Å²) in [5.41, 5.74) is 1.83. The third-order valence-corrected chi connectivity index (χ3v) is 6.21. The molecule has 1 N–H and O–H groups in total. The standard InChI is InChI=1S/C27H27BrCl2N2O3/c1-18(2)31-27(34)24(14-19-7-4-3-5-8-19)32(16-20-9-6-10-21(28)13-20)26(33)17-35-25-12-11-22(29)15-23(25)30/h3-13,15,18,24H,14,16-17H2,1-2H3,(H,31,34)/t24-/m1/s1. The zero-order chi connectivity index (χ0) is 25.4. The molecule has 35 heavy (non-hydrogen) atoms. The molecule has 0 aliphatic heterocycles. The first kappa shape index (κ1) is 27.1. The molecule has 1 atom stereocenters. The number of halogens is 3. The normalized spacial score (nSPS) is 11.7. The van der Waals surface area contributed by atoms with E-state index in [1.807, 2.05) is 68.4 Å². The average Bonchev–Trinajstić information content (AvgIpc) is 2.81. The van der Waals surface area contributed by atoms with Gasteiger partial charge in [0.2, 0.25) is 5.91 Å². The SMILES string of the molecule is CC(C)NC(=O)[C@@H](Cc1ccccc1)N(Cc1cccc(Br)c1)C(=O)COc1ccc(Cl)cc1Cl. The van der Waals surface area contributed by atoms with Crippen molar-refractivity contribution in [1.29, 1.82) is 0 Å². The second kappa shape index (κ2) is 13.0. The fraction of sp³-hybridized carbons (Fsp3) is 0.259. The maximum Gasteiger partial charge on any atom is 0.261 e. The molecule has 0 aliphatic carbocycles. The molecule has 184 valence electrons. The van der Waals surface area contributed by atoms with Crippen molar-refractivity contribution in [3.05, 3.63) is 98.4 Å². The van der Waals surface area contributed by atoms with E-state index in [9.17, 15) is 9.59 Å². The van der Waals surface area contributed by atoms with Crippen molar-refractivity contribution in [2.75, 3.05) is 6.61 Å². The number of benzene rings is 3. The maximum absolute atomic E-state index is 13.5. The van der Waals surface area contributed by atoms with Crippen LogP contribution in [-0.4, -0.2) is 35.4 Å². The number of carbonyl (C=O) groups excluding carboxylic acids is 2. The summed E-state index contributed by atoms with van der Waals surface area (Å²) in [6, 6.07) is 21.3. The van der Waals surface area contributed by atoms with Crippen LogP contribution in [0.5, 0.6) is 5.75 Å². The van der Waals surface area contributed by atoms with E-state index in [2.05, 4.69) is 21.2 Å². The van der Waals surface area contributed by atoms with Crippen LogP contribution in [0.3, 0.4) is 0 Å². The van der Waals surface area contributed by atoms with Gasteiger partial charge in [-0.05, 0) is 55.3 Å². The molecule has 0 unspecified atom stereocenters. The van der Waals surface area contributed by atoms with E-state index in [0.717, 1.165) is 15.6 Å². The van der Waals surface area contributed by atoms with Crippen LogP contribution < -0.4 is 10.1 Å². The summed E-state index contributed by atoms with van der Waals surface area (Å²) >= 11 is 15.7. The molecule has 8 heteroatoms. The van der Waals surface area contributed by atoms with E-state index in [4.69, 9.17) is 27.9 Å². The molecule has 0 saturated carbocycles. The molecule has 3 aromatic carbocycles. The van der Waals surface area contributed by atoms with Crippen molar-refractivity contribution >= 4 is 50.9 Å². The monoisotopic (exact) mass is 576 g/mol. The summed E-state index contributed by atoms with van der Waals surface area (Å²) in [4.78, 5) is 28.4. The number of ether oxygens (including phenoxy) is 1. The zero-order valence-corrected chi connectivity index (χ0v) is 22.6. The molecular formula is C27H27BrCl2N2O3. The summed E-state index contributed by atoms with van der Waals surface area (Å²) in [6.07, 6.45) is 0.362. The fourth-order valence-corrected chi connectivity index (χ4v) is 4.49. The topological polar surface area (TPSA) is 58.6 Å². The van der Waals surface area contributed by atoms with E-state index in [1.165, 1.54) is 0 Å². The predicted molar refractivity (Wildman–Crippen MR) is 144 cm³/mol. The number of nitrogens with zero attached hydrogens (tertiary/aromatic N) is 1. The Morgan fingerprint density at radius 1 is 0.971 bits per heavy atom. The summed E-state index contributed by atoms with van der Waals surface area (Å²) in [5, 5.41) is 3.74. The highest BCUT2D eigenvalue weighted by molar-refractivity contribution is 9.10. The summed E-state index contributed by atoms with van der Waals surface area (Å²) in [5.74, 6) is -0.217. The highest BCUT2D eigenvalue weighted by Gasteiger charge is 2.31. The third kappa shape index (κ3) is 8.27. The minimum atomic E-state index is -0.740. The van der Waals surface area contributed by atoms with Crippen molar-refractivity contribution in [1.82, 2.24) is 10.2 Å². The van der Waals surface area contributed by atoms with Crippen LogP contribution in [0.2, 0.25) is 10.0 Å². The Bertz CT molecular complexity index is 1160. The van der Waals surface area contributed by atoms with Crippen LogP contribution in [0.15, 0.2) is 77.3 Å². The van der Waals surface area contributed by atoms with Crippen LogP contribution in [0.1, 0.15) is 25.0 Å². The van der Waals surface area contributed by atoms with Gasteiger partial charge in [-0.2, -0.15) is 0 Å². The van der Waals surface area contributed by atoms with Gasteiger partial charge in [-0.15, -0.1) is 0 Å². The smallest absolute Gasteiger partial charge is 0.261 e. The number of hydrogen-bond donors (Lipinski definition) is 1. The number of carbonyl (C=O) groups is 2. The second-order valence-electron chi connectivity index (χ2n) is 8.38. The largest absolute Gasteiger partial charge is 0.482 e. The molecular weight excluding hydrogens is 551 g/mol. The molecule has 0 heterocycles. The van der Waals surface area contributed by atoms with Crippen molar-refractivity contribution < 1.29 is 14.3 Å². The minimum Gasteiger partial charge on any atom is -0.482 e. The van der Waals surface area contributed by atoms with Gasteiger partial charge in [-0.25, -0.2) is 0 Å². The lowest BCUT2D eigenvalue weighted by molar-refractivity contribution is -0.143. The molecule has 0 aliphatic rings. The van der Waals surface area contributed by atoms with Gasteiger partial charge in [0.15, 0.2) is 6.61 Å². The van der Waals surface area contributed by atoms with Crippen molar-refractivity contribution in [2.24, 2.45) is 0 Å². The first-order valence-corrected chi connectivity index (χ1v) is 12.7. The number of amides is 2. The first-order valence-electron chi connectivity index (χ1n) is 11.2. The molecule has 0 saturated heterocycles. The second-order valence-corrected chi connectivity index (χ2v) is 10.1. The zero-order valence-electron chi connectivity index (χ0n) is 19.5. The molecule has 0 spiro atoms. The third-order valence-electron chi connectivity index (χ3n) is 5.19. The quantitative estimate of drug-likeness (QED) is 0.308. The lowest BCUT2D eigenvalue weighted by Gasteiger charge is -2.32. The summed E-state index contributed by atoms with van der Waals surface area (Å²) in [6.45, 7) is 3.74. The van der Waals surface area contributed by atoms with Gasteiger partial charge >= 0.3 is 0 Å². The summed E-state index contributed by atoms with van der Waals surface area (Å²) < 4.78 is 6.62. The van der Waals surface area contributed by atoms with Gasteiger partial charge in [0, 0.05) is 28.5 Å². The Labute approximate surface area is 224 Å². The van der Waals surface area contributed by atoms with Crippen LogP contribution >= 0.6 is 39.1 Å². The fourth-order valence-electron chi connectivity index (χ4n) is 3.58.